The van der Waals surface area contributed by atoms with Crippen molar-refractivity contribution in [3.8, 4) is 11.6 Å². The molecule has 0 unspecified atom stereocenters. The van der Waals surface area contributed by atoms with Gasteiger partial charge in [-0.1, -0.05) is 24.3 Å². The molecule has 0 fully saturated rings. The van der Waals surface area contributed by atoms with Crippen molar-refractivity contribution < 1.29 is 4.74 Å². The summed E-state index contributed by atoms with van der Waals surface area (Å²) in [4.78, 5) is 8.42. The Morgan fingerprint density at radius 1 is 0.889 bits per heavy atom. The molecule has 0 radical (unpaired) electrons. The number of aromatic nitrogens is 2. The summed E-state index contributed by atoms with van der Waals surface area (Å²) in [5, 5.41) is 0.916. The fraction of sp³-hybridized carbons (Fsp3) is 0. The van der Waals surface area contributed by atoms with E-state index in [9.17, 15) is 0 Å². The van der Waals surface area contributed by atoms with E-state index < -0.39 is 0 Å². The van der Waals surface area contributed by atoms with Crippen molar-refractivity contribution in [1.29, 1.82) is 0 Å². The van der Waals surface area contributed by atoms with Gasteiger partial charge >= 0.3 is 0 Å². The number of ether oxygens (including phenoxy) is 1. The Labute approximate surface area is 118 Å². The molecule has 0 saturated heterocycles. The molecule has 0 aliphatic rings. The standard InChI is InChI=1S/C14H9IN2O/c15-11-6-2-4-8-13(11)18-14-10-5-1-3-7-12(10)16-9-17-14/h1-9H. The molecule has 0 atom stereocenters. The van der Waals surface area contributed by atoms with Gasteiger partial charge in [0, 0.05) is 0 Å². The zero-order chi connectivity index (χ0) is 12.4. The van der Waals surface area contributed by atoms with Crippen molar-refractivity contribution in [2.24, 2.45) is 0 Å². The Morgan fingerprint density at radius 2 is 1.67 bits per heavy atom. The molecule has 18 heavy (non-hydrogen) atoms. The highest BCUT2D eigenvalue weighted by atomic mass is 127. The van der Waals surface area contributed by atoms with Crippen LogP contribution in [0.2, 0.25) is 0 Å². The summed E-state index contributed by atoms with van der Waals surface area (Å²) in [6, 6.07) is 15.7. The predicted octanol–water partition coefficient (Wildman–Crippen LogP) is 4.03. The average molecular weight is 348 g/mol. The number of benzene rings is 2. The molecule has 3 rings (SSSR count). The molecule has 0 spiro atoms. The molecule has 0 amide bonds. The molecule has 3 nitrogen and oxygen atoms in total. The van der Waals surface area contributed by atoms with Crippen LogP contribution in [0.3, 0.4) is 0 Å². The number of para-hydroxylation sites is 2. The van der Waals surface area contributed by atoms with Crippen LogP contribution in [0.25, 0.3) is 10.9 Å². The maximum absolute atomic E-state index is 5.86. The van der Waals surface area contributed by atoms with Crippen molar-refractivity contribution in [3.05, 3.63) is 58.4 Å². The van der Waals surface area contributed by atoms with Gasteiger partial charge in [-0.05, 0) is 46.9 Å². The van der Waals surface area contributed by atoms with Crippen LogP contribution in [-0.2, 0) is 0 Å². The summed E-state index contributed by atoms with van der Waals surface area (Å²) >= 11 is 2.24. The predicted molar refractivity (Wildman–Crippen MR) is 78.8 cm³/mol. The fourth-order valence-corrected chi connectivity index (χ4v) is 2.19. The van der Waals surface area contributed by atoms with E-state index >= 15 is 0 Å². The Morgan fingerprint density at radius 3 is 2.56 bits per heavy atom. The van der Waals surface area contributed by atoms with Gasteiger partial charge < -0.3 is 4.74 Å². The van der Waals surface area contributed by atoms with Crippen molar-refractivity contribution in [2.45, 2.75) is 0 Å². The third kappa shape index (κ3) is 2.15. The monoisotopic (exact) mass is 348 g/mol. The highest BCUT2D eigenvalue weighted by Crippen LogP contribution is 2.29. The SMILES string of the molecule is Ic1ccccc1Oc1ncnc2ccccc12. The molecule has 0 aliphatic heterocycles. The first kappa shape index (κ1) is 11.4. The van der Waals surface area contributed by atoms with Gasteiger partial charge in [-0.3, -0.25) is 0 Å². The first-order valence-corrected chi connectivity index (χ1v) is 6.54. The second kappa shape index (κ2) is 4.89. The van der Waals surface area contributed by atoms with E-state index in [0.29, 0.717) is 5.88 Å². The highest BCUT2D eigenvalue weighted by Gasteiger charge is 2.07. The quantitative estimate of drug-likeness (QED) is 0.656. The number of hydrogen-bond acceptors (Lipinski definition) is 3. The van der Waals surface area contributed by atoms with Gasteiger partial charge in [0.2, 0.25) is 5.88 Å². The largest absolute Gasteiger partial charge is 0.437 e. The molecule has 0 N–H and O–H groups in total. The maximum atomic E-state index is 5.86. The van der Waals surface area contributed by atoms with Crippen LogP contribution >= 0.6 is 22.6 Å². The Kier molecular flexibility index (Phi) is 3.10. The zero-order valence-electron chi connectivity index (χ0n) is 9.38. The zero-order valence-corrected chi connectivity index (χ0v) is 11.5. The number of nitrogens with zero attached hydrogens (tertiary/aromatic N) is 2. The van der Waals surface area contributed by atoms with E-state index in [-0.39, 0.29) is 0 Å². The van der Waals surface area contributed by atoms with Crippen LogP contribution in [0.1, 0.15) is 0 Å². The lowest BCUT2D eigenvalue weighted by atomic mass is 10.2. The van der Waals surface area contributed by atoms with Gasteiger partial charge in [0.1, 0.15) is 12.1 Å². The van der Waals surface area contributed by atoms with Crippen LogP contribution in [0.4, 0.5) is 0 Å². The molecule has 0 saturated carbocycles. The third-order valence-corrected chi connectivity index (χ3v) is 3.44. The first-order chi connectivity index (χ1) is 8.84. The summed E-state index contributed by atoms with van der Waals surface area (Å²) in [7, 11) is 0. The Hall–Kier alpha value is -1.69. The smallest absolute Gasteiger partial charge is 0.230 e. The first-order valence-electron chi connectivity index (χ1n) is 5.47. The van der Waals surface area contributed by atoms with Crippen LogP contribution in [-0.4, -0.2) is 9.97 Å². The number of hydrogen-bond donors (Lipinski definition) is 0. The van der Waals surface area contributed by atoms with Crippen molar-refractivity contribution >= 4 is 33.5 Å². The minimum absolute atomic E-state index is 0.588. The molecule has 2 aromatic carbocycles. The minimum Gasteiger partial charge on any atom is -0.437 e. The lowest BCUT2D eigenvalue weighted by molar-refractivity contribution is 0.465. The van der Waals surface area contributed by atoms with E-state index in [0.717, 1.165) is 20.2 Å². The lowest BCUT2D eigenvalue weighted by Crippen LogP contribution is -1.92. The van der Waals surface area contributed by atoms with Gasteiger partial charge in [0.05, 0.1) is 14.5 Å². The van der Waals surface area contributed by atoms with Crippen LogP contribution < -0.4 is 4.74 Å². The highest BCUT2D eigenvalue weighted by molar-refractivity contribution is 14.1. The molecule has 1 heterocycles. The number of rotatable bonds is 2. The second-order valence-electron chi connectivity index (χ2n) is 3.73. The number of fused-ring (bicyclic) bond motifs is 1. The van der Waals surface area contributed by atoms with E-state index in [4.69, 9.17) is 4.74 Å². The lowest BCUT2D eigenvalue weighted by Gasteiger charge is -2.08. The summed E-state index contributed by atoms with van der Waals surface area (Å²) in [5.41, 5.74) is 0.883. The molecule has 0 aliphatic carbocycles. The molecule has 0 bridgehead atoms. The van der Waals surface area contributed by atoms with E-state index in [1.54, 1.807) is 0 Å². The van der Waals surface area contributed by atoms with Gasteiger partial charge in [0.15, 0.2) is 0 Å². The Bertz CT molecular complexity index is 695. The van der Waals surface area contributed by atoms with Gasteiger partial charge in [-0.2, -0.15) is 0 Å². The summed E-state index contributed by atoms with van der Waals surface area (Å²) in [6.45, 7) is 0. The summed E-state index contributed by atoms with van der Waals surface area (Å²) in [5.74, 6) is 1.40. The van der Waals surface area contributed by atoms with E-state index in [1.807, 2.05) is 48.5 Å². The summed E-state index contributed by atoms with van der Waals surface area (Å²) < 4.78 is 6.92. The van der Waals surface area contributed by atoms with Crippen molar-refractivity contribution in [2.75, 3.05) is 0 Å². The third-order valence-electron chi connectivity index (χ3n) is 2.55. The van der Waals surface area contributed by atoms with Gasteiger partial charge in [-0.25, -0.2) is 9.97 Å². The second-order valence-corrected chi connectivity index (χ2v) is 4.89. The van der Waals surface area contributed by atoms with Crippen LogP contribution in [0.5, 0.6) is 11.6 Å². The number of halogens is 1. The summed E-state index contributed by atoms with van der Waals surface area (Å²) in [6.07, 6.45) is 1.52. The molecule has 88 valence electrons. The Balaban J connectivity index is 2.08. The van der Waals surface area contributed by atoms with E-state index in [2.05, 4.69) is 32.6 Å². The topological polar surface area (TPSA) is 35.0 Å². The average Bonchev–Trinajstić information content (AvgIpc) is 2.42. The van der Waals surface area contributed by atoms with Crippen molar-refractivity contribution in [1.82, 2.24) is 9.97 Å². The normalized spacial score (nSPS) is 10.5. The molecule has 1 aromatic heterocycles. The molecule has 3 aromatic rings. The molecular weight excluding hydrogens is 339 g/mol. The van der Waals surface area contributed by atoms with Gasteiger partial charge in [0.25, 0.3) is 0 Å². The minimum atomic E-state index is 0.588. The van der Waals surface area contributed by atoms with Gasteiger partial charge in [-0.15, -0.1) is 0 Å². The fourth-order valence-electron chi connectivity index (χ4n) is 1.69. The van der Waals surface area contributed by atoms with Crippen molar-refractivity contribution in [3.63, 3.8) is 0 Å². The van der Waals surface area contributed by atoms with Crippen LogP contribution in [0.15, 0.2) is 54.9 Å². The maximum Gasteiger partial charge on any atom is 0.230 e. The molecular formula is C14H9IN2O. The molecule has 4 heteroatoms. The van der Waals surface area contributed by atoms with Crippen LogP contribution in [0, 0.1) is 3.57 Å². The van der Waals surface area contributed by atoms with E-state index in [1.165, 1.54) is 6.33 Å².